The van der Waals surface area contributed by atoms with E-state index >= 15 is 0 Å². The summed E-state index contributed by atoms with van der Waals surface area (Å²) in [6, 6.07) is 10.7. The summed E-state index contributed by atoms with van der Waals surface area (Å²) in [7, 11) is 0.488. The van der Waals surface area contributed by atoms with Gasteiger partial charge in [0.2, 0.25) is 0 Å². The quantitative estimate of drug-likeness (QED) is 0.325. The normalized spacial score (nSPS) is 17.8. The molecule has 7 nitrogen and oxygen atoms in total. The number of anilines is 1. The van der Waals surface area contributed by atoms with Crippen LogP contribution in [0.25, 0.3) is 42.7 Å². The predicted molar refractivity (Wildman–Crippen MR) is 157 cm³/mol. The van der Waals surface area contributed by atoms with Crippen LogP contribution < -0.4 is 4.90 Å². The Labute approximate surface area is 222 Å². The van der Waals surface area contributed by atoms with E-state index in [1.165, 1.54) is 17.1 Å². The fourth-order valence-electron chi connectivity index (χ4n) is 5.39. The van der Waals surface area contributed by atoms with Crippen molar-refractivity contribution in [3.63, 3.8) is 0 Å². The Balaban J connectivity index is 1.35. The number of ether oxygens (including phenoxy) is 1. The van der Waals surface area contributed by atoms with Crippen LogP contribution in [-0.2, 0) is 11.3 Å². The summed E-state index contributed by atoms with van der Waals surface area (Å²) in [4.78, 5) is 24.6. The highest BCUT2D eigenvalue weighted by Crippen LogP contribution is 2.39. The van der Waals surface area contributed by atoms with Crippen molar-refractivity contribution in [2.75, 3.05) is 55.8 Å². The Kier molecular flexibility index (Phi) is 6.16. The number of aromatic nitrogens is 4. The van der Waals surface area contributed by atoms with E-state index in [1.807, 2.05) is 6.20 Å². The second-order valence-electron chi connectivity index (χ2n) is 9.65. The van der Waals surface area contributed by atoms with Crippen LogP contribution in [0.2, 0.25) is 0 Å². The number of fused-ring (bicyclic) bond motifs is 4. The first-order valence-corrected chi connectivity index (χ1v) is 15.4. The van der Waals surface area contributed by atoms with E-state index in [1.54, 1.807) is 11.3 Å². The molecule has 0 unspecified atom stereocenters. The summed E-state index contributed by atoms with van der Waals surface area (Å²) in [6.45, 7) is 8.56. The van der Waals surface area contributed by atoms with Crippen molar-refractivity contribution in [2.24, 2.45) is 0 Å². The Bertz CT molecular complexity index is 1620. The molecule has 0 radical (unpaired) electrons. The molecule has 6 heterocycles. The van der Waals surface area contributed by atoms with Crippen molar-refractivity contribution in [3.05, 3.63) is 48.3 Å². The lowest BCUT2D eigenvalue weighted by Gasteiger charge is -2.28. The molecule has 2 saturated heterocycles. The van der Waals surface area contributed by atoms with Crippen molar-refractivity contribution in [1.29, 1.82) is 0 Å². The van der Waals surface area contributed by atoms with E-state index in [0.717, 1.165) is 81.3 Å². The van der Waals surface area contributed by atoms with Crippen molar-refractivity contribution in [3.8, 4) is 11.4 Å². The smallest absolute Gasteiger partial charge is 0.162 e. The number of hydrogen-bond donors (Lipinski definition) is 1. The lowest BCUT2D eigenvalue weighted by molar-refractivity contribution is 0.122. The number of aromatic amines is 1. The van der Waals surface area contributed by atoms with Gasteiger partial charge in [0.1, 0.15) is 4.83 Å². The van der Waals surface area contributed by atoms with Gasteiger partial charge in [-0.1, -0.05) is 17.5 Å². The molecule has 1 N–H and O–H groups in total. The topological polar surface area (TPSA) is 70.2 Å². The minimum atomic E-state index is 0.488. The third-order valence-electron chi connectivity index (χ3n) is 7.43. The zero-order chi connectivity index (χ0) is 24.8. The van der Waals surface area contributed by atoms with E-state index in [-0.39, 0.29) is 0 Å². The highest BCUT2D eigenvalue weighted by atomic mass is 32.2. The number of nitrogens with one attached hydrogen (secondary N) is 1. The molecular formula is C28H30N6OS2. The molecule has 0 spiro atoms. The Morgan fingerprint density at radius 2 is 1.95 bits per heavy atom. The molecule has 7 rings (SSSR count). The van der Waals surface area contributed by atoms with Crippen molar-refractivity contribution < 1.29 is 4.74 Å². The summed E-state index contributed by atoms with van der Waals surface area (Å²) in [6.07, 6.45) is 4.04. The molecule has 0 saturated carbocycles. The highest BCUT2D eigenvalue weighted by Gasteiger charge is 2.23. The van der Waals surface area contributed by atoms with Gasteiger partial charge in [-0.05, 0) is 30.7 Å². The molecule has 0 bridgehead atoms. The molecule has 4 aromatic heterocycles. The molecule has 2 aliphatic rings. The first kappa shape index (κ1) is 23.3. The molecule has 2 fully saturated rings. The molecule has 1 aromatic carbocycles. The van der Waals surface area contributed by atoms with Crippen LogP contribution in [0.15, 0.2) is 42.7 Å². The van der Waals surface area contributed by atoms with Gasteiger partial charge in [-0.15, -0.1) is 11.3 Å². The van der Waals surface area contributed by atoms with Gasteiger partial charge in [0.15, 0.2) is 11.6 Å². The first-order chi connectivity index (χ1) is 18.3. The number of nitrogens with zero attached hydrogens (tertiary/aromatic N) is 5. The van der Waals surface area contributed by atoms with E-state index in [2.05, 4.69) is 63.6 Å². The van der Waals surface area contributed by atoms with Crippen LogP contribution in [0.4, 0.5) is 5.82 Å². The number of thiophene rings is 1. The van der Waals surface area contributed by atoms with Crippen LogP contribution in [0.5, 0.6) is 0 Å². The third kappa shape index (κ3) is 4.33. The minimum absolute atomic E-state index is 0.488. The van der Waals surface area contributed by atoms with E-state index < -0.39 is 0 Å². The van der Waals surface area contributed by atoms with E-state index in [9.17, 15) is 0 Å². The minimum Gasteiger partial charge on any atom is -0.378 e. The van der Waals surface area contributed by atoms with Crippen LogP contribution in [-0.4, -0.2) is 81.1 Å². The summed E-state index contributed by atoms with van der Waals surface area (Å²) < 4.78 is 6.77. The highest BCUT2D eigenvalue weighted by molar-refractivity contribution is 8.15. The van der Waals surface area contributed by atoms with Gasteiger partial charge in [-0.25, -0.2) is 15.0 Å². The van der Waals surface area contributed by atoms with Crippen molar-refractivity contribution in [2.45, 2.75) is 13.5 Å². The van der Waals surface area contributed by atoms with Gasteiger partial charge in [0.25, 0.3) is 0 Å². The van der Waals surface area contributed by atoms with Crippen LogP contribution >= 0.6 is 21.8 Å². The summed E-state index contributed by atoms with van der Waals surface area (Å²) in [5.74, 6) is 4.32. The number of benzene rings is 1. The lowest BCUT2D eigenvalue weighted by atomic mass is 10.1. The van der Waals surface area contributed by atoms with Crippen molar-refractivity contribution in [1.82, 2.24) is 24.8 Å². The second-order valence-corrected chi connectivity index (χ2v) is 13.0. The molecule has 5 aromatic rings. The zero-order valence-electron chi connectivity index (χ0n) is 20.9. The number of rotatable bonds is 4. The number of morpholine rings is 1. The Morgan fingerprint density at radius 3 is 2.78 bits per heavy atom. The standard InChI is InChI=1S/C28H30N6OS2/c1-2-37-14-10-33(11-15-37)18-19-16-22-24-25(36-28(22)30-17-19)27(34-8-12-35-13-9-34)32-26(31-24)21-4-3-5-23-20(21)6-7-29-23/h2-7,16-17,29H,8-15,18H2,1H3. The fourth-order valence-corrected chi connectivity index (χ4v) is 8.14. The molecule has 190 valence electrons. The van der Waals surface area contributed by atoms with Crippen molar-refractivity contribution >= 4 is 64.3 Å². The van der Waals surface area contributed by atoms with Crippen LogP contribution in [0.3, 0.4) is 0 Å². The largest absolute Gasteiger partial charge is 0.378 e. The summed E-state index contributed by atoms with van der Waals surface area (Å²) in [5.41, 5.74) is 4.41. The SMILES string of the molecule is CC=S1CCN(Cc2cnc3sc4c(N5CCOCC5)nc(-c5cccc6[nH]ccc56)nc4c3c2)CC1. The Morgan fingerprint density at radius 1 is 1.08 bits per heavy atom. The molecule has 0 atom stereocenters. The monoisotopic (exact) mass is 530 g/mol. The molecule has 37 heavy (non-hydrogen) atoms. The number of hydrogen-bond acceptors (Lipinski definition) is 7. The maximum atomic E-state index is 5.65. The van der Waals surface area contributed by atoms with Gasteiger partial charge in [-0.2, -0.15) is 10.5 Å². The zero-order valence-corrected chi connectivity index (χ0v) is 22.6. The molecule has 9 heteroatoms. The maximum Gasteiger partial charge on any atom is 0.162 e. The molecule has 0 amide bonds. The lowest BCUT2D eigenvalue weighted by Crippen LogP contribution is -2.36. The Hall–Kier alpha value is -2.85. The average Bonchev–Trinajstić information content (AvgIpc) is 3.58. The van der Waals surface area contributed by atoms with Gasteiger partial charge < -0.3 is 14.6 Å². The maximum absolute atomic E-state index is 5.65. The third-order valence-corrected chi connectivity index (χ3v) is 10.6. The molecular weight excluding hydrogens is 500 g/mol. The van der Waals surface area contributed by atoms with Gasteiger partial charge in [0.05, 0.1) is 23.4 Å². The van der Waals surface area contributed by atoms with Crippen LogP contribution in [0, 0.1) is 0 Å². The molecule has 0 aliphatic carbocycles. The number of pyridine rings is 1. The summed E-state index contributed by atoms with van der Waals surface area (Å²) in [5, 5.41) is 4.66. The van der Waals surface area contributed by atoms with E-state index in [4.69, 9.17) is 19.7 Å². The summed E-state index contributed by atoms with van der Waals surface area (Å²) >= 11 is 1.71. The molecule has 2 aliphatic heterocycles. The fraction of sp³-hybridized carbons (Fsp3) is 0.357. The van der Waals surface area contributed by atoms with E-state index in [0.29, 0.717) is 23.7 Å². The average molecular weight is 531 g/mol. The van der Waals surface area contributed by atoms with Gasteiger partial charge in [-0.3, -0.25) is 4.90 Å². The van der Waals surface area contributed by atoms with Gasteiger partial charge >= 0.3 is 0 Å². The number of H-pyrrole nitrogens is 1. The van der Waals surface area contributed by atoms with Crippen LogP contribution in [0.1, 0.15) is 12.5 Å². The predicted octanol–water partition coefficient (Wildman–Crippen LogP) is 5.13. The second kappa shape index (κ2) is 9.79. The first-order valence-electron chi connectivity index (χ1n) is 12.9. The van der Waals surface area contributed by atoms with Gasteiger partial charge in [0, 0.05) is 78.5 Å².